The van der Waals surface area contributed by atoms with Gasteiger partial charge in [0.15, 0.2) is 5.69 Å². The van der Waals surface area contributed by atoms with Crippen molar-refractivity contribution in [1.29, 1.82) is 0 Å². The minimum atomic E-state index is -0.426. The van der Waals surface area contributed by atoms with E-state index in [-0.39, 0.29) is 5.69 Å². The number of nitrogens with zero attached hydrogens (tertiary/aromatic N) is 2. The van der Waals surface area contributed by atoms with Crippen molar-refractivity contribution < 1.29 is 9.53 Å². The molecule has 0 radical (unpaired) electrons. The molecule has 2 atom stereocenters. The van der Waals surface area contributed by atoms with Crippen LogP contribution in [0.1, 0.15) is 55.5 Å². The van der Waals surface area contributed by atoms with Crippen LogP contribution in [0.15, 0.2) is 0 Å². The maximum atomic E-state index is 11.7. The number of aromatic nitrogens is 2. The zero-order chi connectivity index (χ0) is 13.3. The van der Waals surface area contributed by atoms with Crippen LogP contribution in [0.4, 0.5) is 5.82 Å². The van der Waals surface area contributed by atoms with Crippen molar-refractivity contribution in [2.45, 2.75) is 46.1 Å². The minimum Gasteiger partial charge on any atom is -0.461 e. The fraction of sp³-hybridized carbons (Fsp3) is 0.692. The third-order valence-corrected chi connectivity index (χ3v) is 3.47. The highest BCUT2D eigenvalue weighted by Crippen LogP contribution is 2.48. The van der Waals surface area contributed by atoms with E-state index in [0.29, 0.717) is 24.4 Å². The first-order chi connectivity index (χ1) is 8.60. The summed E-state index contributed by atoms with van der Waals surface area (Å²) in [5.74, 6) is 1.51. The molecule has 1 saturated carbocycles. The Kier molecular flexibility index (Phi) is 3.59. The number of carbonyl (C=O) groups is 1. The molecule has 2 rings (SSSR count). The van der Waals surface area contributed by atoms with Crippen LogP contribution >= 0.6 is 0 Å². The van der Waals surface area contributed by atoms with Crippen LogP contribution in [0.2, 0.25) is 0 Å². The second-order valence-corrected chi connectivity index (χ2v) is 4.84. The first-order valence-corrected chi connectivity index (χ1v) is 6.61. The molecule has 2 N–H and O–H groups in total. The Balaban J connectivity index is 2.20. The Hall–Kier alpha value is -1.52. The quantitative estimate of drug-likeness (QED) is 0.815. The van der Waals surface area contributed by atoms with Gasteiger partial charge in [-0.1, -0.05) is 13.3 Å². The van der Waals surface area contributed by atoms with Gasteiger partial charge >= 0.3 is 5.97 Å². The Labute approximate surface area is 107 Å². The van der Waals surface area contributed by atoms with E-state index in [1.165, 1.54) is 12.8 Å². The number of anilines is 1. The molecule has 1 fully saturated rings. The normalized spacial score (nSPS) is 21.9. The van der Waals surface area contributed by atoms with Gasteiger partial charge in [-0.3, -0.25) is 0 Å². The first kappa shape index (κ1) is 12.9. The number of ether oxygens (including phenoxy) is 1. The molecule has 0 saturated heterocycles. The molecule has 1 aromatic rings. The van der Waals surface area contributed by atoms with Gasteiger partial charge in [0.05, 0.1) is 6.61 Å². The Morgan fingerprint density at radius 3 is 2.89 bits per heavy atom. The molecule has 18 heavy (non-hydrogen) atoms. The van der Waals surface area contributed by atoms with E-state index in [9.17, 15) is 4.79 Å². The van der Waals surface area contributed by atoms with Crippen LogP contribution in [0.3, 0.4) is 0 Å². The second kappa shape index (κ2) is 5.00. The lowest BCUT2D eigenvalue weighted by Crippen LogP contribution is -2.10. The highest BCUT2D eigenvalue weighted by atomic mass is 16.5. The monoisotopic (exact) mass is 251 g/mol. The molecular weight excluding hydrogens is 230 g/mol. The van der Waals surface area contributed by atoms with Crippen LogP contribution < -0.4 is 5.73 Å². The predicted octanol–water partition coefficient (Wildman–Crippen LogP) is 2.31. The topological polar surface area (TPSA) is 70.1 Å². The number of aryl methyl sites for hydroxylation is 1. The van der Waals surface area contributed by atoms with E-state index in [4.69, 9.17) is 10.5 Å². The number of nitrogens with two attached hydrogens (primary N) is 1. The molecule has 1 aliphatic carbocycles. The summed E-state index contributed by atoms with van der Waals surface area (Å²) < 4.78 is 6.95. The van der Waals surface area contributed by atoms with Gasteiger partial charge in [0.1, 0.15) is 11.6 Å². The number of carbonyl (C=O) groups excluding carboxylic acids is 1. The molecule has 5 heteroatoms. The van der Waals surface area contributed by atoms with E-state index < -0.39 is 5.97 Å². The Bertz CT molecular complexity index is 453. The second-order valence-electron chi connectivity index (χ2n) is 4.84. The summed E-state index contributed by atoms with van der Waals surface area (Å²) in [4.78, 5) is 16.0. The summed E-state index contributed by atoms with van der Waals surface area (Å²) in [6, 6.07) is 0.417. The molecule has 0 bridgehead atoms. The van der Waals surface area contributed by atoms with Crippen LogP contribution in [-0.2, 0) is 4.74 Å². The number of hydrogen-bond acceptors (Lipinski definition) is 4. The van der Waals surface area contributed by atoms with Crippen LogP contribution in [0, 0.1) is 12.8 Å². The highest BCUT2D eigenvalue weighted by Gasteiger charge is 2.40. The molecule has 0 spiro atoms. The van der Waals surface area contributed by atoms with Crippen molar-refractivity contribution in [3.05, 3.63) is 11.5 Å². The van der Waals surface area contributed by atoms with E-state index in [0.717, 1.165) is 12.2 Å². The lowest BCUT2D eigenvalue weighted by atomic mass is 10.2. The van der Waals surface area contributed by atoms with Crippen LogP contribution in [0.25, 0.3) is 0 Å². The number of esters is 1. The summed E-state index contributed by atoms with van der Waals surface area (Å²) >= 11 is 0. The van der Waals surface area contributed by atoms with Crippen molar-refractivity contribution in [2.24, 2.45) is 5.92 Å². The predicted molar refractivity (Wildman–Crippen MR) is 69.4 cm³/mol. The molecule has 1 heterocycles. The van der Waals surface area contributed by atoms with Crippen molar-refractivity contribution in [3.8, 4) is 0 Å². The average molecular weight is 251 g/mol. The standard InChI is InChI=1S/C13H21N3O2/c1-4-6-9-7-10(9)16-8(3)15-11(12(16)14)13(17)18-5-2/h9-10H,4-7,14H2,1-3H3. The van der Waals surface area contributed by atoms with E-state index >= 15 is 0 Å². The van der Waals surface area contributed by atoms with Gasteiger partial charge in [0, 0.05) is 6.04 Å². The van der Waals surface area contributed by atoms with Gasteiger partial charge in [-0.05, 0) is 32.6 Å². The summed E-state index contributed by atoms with van der Waals surface area (Å²) in [7, 11) is 0. The first-order valence-electron chi connectivity index (χ1n) is 6.61. The van der Waals surface area contributed by atoms with Gasteiger partial charge in [-0.25, -0.2) is 9.78 Å². The molecule has 5 nitrogen and oxygen atoms in total. The molecular formula is C13H21N3O2. The molecule has 0 amide bonds. The van der Waals surface area contributed by atoms with Crippen molar-refractivity contribution >= 4 is 11.8 Å². The third-order valence-electron chi connectivity index (χ3n) is 3.47. The molecule has 0 aliphatic heterocycles. The Morgan fingerprint density at radius 2 is 2.28 bits per heavy atom. The van der Waals surface area contributed by atoms with Gasteiger partial charge in [-0.2, -0.15) is 0 Å². The van der Waals surface area contributed by atoms with Crippen LogP contribution in [-0.4, -0.2) is 22.1 Å². The summed E-state index contributed by atoms with van der Waals surface area (Å²) in [5, 5.41) is 0. The maximum Gasteiger partial charge on any atom is 0.360 e. The fourth-order valence-corrected chi connectivity index (χ4v) is 2.56. The number of imidazole rings is 1. The van der Waals surface area contributed by atoms with E-state index in [1.807, 2.05) is 11.5 Å². The SMILES string of the molecule is CCCC1CC1n1c(C)nc(C(=O)OCC)c1N. The number of hydrogen-bond donors (Lipinski definition) is 1. The fourth-order valence-electron chi connectivity index (χ4n) is 2.56. The number of rotatable bonds is 5. The smallest absolute Gasteiger partial charge is 0.360 e. The molecule has 0 aromatic carbocycles. The molecule has 1 aliphatic rings. The van der Waals surface area contributed by atoms with E-state index in [1.54, 1.807) is 6.92 Å². The van der Waals surface area contributed by atoms with Gasteiger partial charge in [0.2, 0.25) is 0 Å². The zero-order valence-corrected chi connectivity index (χ0v) is 11.3. The van der Waals surface area contributed by atoms with Crippen molar-refractivity contribution in [1.82, 2.24) is 9.55 Å². The largest absolute Gasteiger partial charge is 0.461 e. The molecule has 1 aromatic heterocycles. The lowest BCUT2D eigenvalue weighted by Gasteiger charge is -2.07. The summed E-state index contributed by atoms with van der Waals surface area (Å²) in [5.41, 5.74) is 6.29. The Morgan fingerprint density at radius 1 is 1.56 bits per heavy atom. The van der Waals surface area contributed by atoms with Gasteiger partial charge in [0.25, 0.3) is 0 Å². The number of nitrogen functional groups attached to an aromatic ring is 1. The molecule has 2 unspecified atom stereocenters. The van der Waals surface area contributed by atoms with Gasteiger partial charge in [-0.15, -0.1) is 0 Å². The summed E-state index contributed by atoms with van der Waals surface area (Å²) in [6.45, 7) is 6.19. The minimum absolute atomic E-state index is 0.261. The third kappa shape index (κ3) is 2.21. The van der Waals surface area contributed by atoms with Crippen LogP contribution in [0.5, 0.6) is 0 Å². The van der Waals surface area contributed by atoms with E-state index in [2.05, 4.69) is 11.9 Å². The highest BCUT2D eigenvalue weighted by molar-refractivity contribution is 5.92. The lowest BCUT2D eigenvalue weighted by molar-refractivity contribution is 0.0521. The van der Waals surface area contributed by atoms with Crippen molar-refractivity contribution in [3.63, 3.8) is 0 Å². The van der Waals surface area contributed by atoms with Crippen molar-refractivity contribution in [2.75, 3.05) is 12.3 Å². The van der Waals surface area contributed by atoms with Gasteiger partial charge < -0.3 is 15.0 Å². The molecule has 100 valence electrons. The zero-order valence-electron chi connectivity index (χ0n) is 11.3. The summed E-state index contributed by atoms with van der Waals surface area (Å²) in [6.07, 6.45) is 3.52. The average Bonchev–Trinajstić information content (AvgIpc) is 2.99. The maximum absolute atomic E-state index is 11.7.